The fourth-order valence-corrected chi connectivity index (χ4v) is 5.17. The van der Waals surface area contributed by atoms with E-state index in [-0.39, 0.29) is 16.2 Å². The van der Waals surface area contributed by atoms with Crippen LogP contribution in [0.1, 0.15) is 93.0 Å². The van der Waals surface area contributed by atoms with Crippen molar-refractivity contribution in [3.05, 3.63) is 105 Å². The summed E-state index contributed by atoms with van der Waals surface area (Å²) in [5.41, 5.74) is 10.7. The first kappa shape index (κ1) is 25.8. The highest BCUT2D eigenvalue weighted by Crippen LogP contribution is 2.39. The minimum Gasteiger partial charge on any atom is -0.115 e. The van der Waals surface area contributed by atoms with Gasteiger partial charge in [-0.25, -0.2) is 0 Å². The average molecular weight is 451 g/mol. The molecule has 1 unspecified atom stereocenters. The van der Waals surface area contributed by atoms with Crippen LogP contribution in [0.2, 0.25) is 0 Å². The molecule has 0 fully saturated rings. The lowest BCUT2D eigenvalue weighted by atomic mass is 9.69. The maximum Gasteiger partial charge on any atom is 0.0242 e. The van der Waals surface area contributed by atoms with Gasteiger partial charge in [-0.1, -0.05) is 108 Å². The van der Waals surface area contributed by atoms with E-state index in [2.05, 4.69) is 129 Å². The van der Waals surface area contributed by atoms with Gasteiger partial charge in [-0.15, -0.1) is 6.42 Å². The van der Waals surface area contributed by atoms with Crippen molar-refractivity contribution in [2.75, 3.05) is 0 Å². The molecule has 0 amide bonds. The van der Waals surface area contributed by atoms with Gasteiger partial charge in [0.15, 0.2) is 0 Å². The van der Waals surface area contributed by atoms with Gasteiger partial charge < -0.3 is 0 Å². The lowest BCUT2D eigenvalue weighted by molar-refractivity contribution is 0.410. The second kappa shape index (κ2) is 9.46. The fourth-order valence-electron chi connectivity index (χ4n) is 5.17. The molecule has 0 aliphatic heterocycles. The van der Waals surface area contributed by atoms with Crippen LogP contribution in [0.25, 0.3) is 0 Å². The summed E-state index contributed by atoms with van der Waals surface area (Å²) in [5.74, 6) is 2.75. The Morgan fingerprint density at radius 2 is 1.32 bits per heavy atom. The topological polar surface area (TPSA) is 0 Å². The molecule has 1 atom stereocenters. The number of hydrogen-bond donors (Lipinski definition) is 0. The molecule has 0 N–H and O–H groups in total. The number of benzene rings is 3. The van der Waals surface area contributed by atoms with Crippen molar-refractivity contribution in [2.45, 2.75) is 86.0 Å². The third kappa shape index (κ3) is 6.01. The molecule has 0 radical (unpaired) electrons. The Balaban J connectivity index is 2.22. The standard InChI is InChI=1S/C34H42/c1-11-26-13-15-27(16-14-26)23-34(10,29-17-12-25(3)31(21-29)33(7,8)9)30-19-24(2)18-28(20-30)22-32(4,5)6/h1,12-21H,22-23H2,2-10H3. The third-order valence-corrected chi connectivity index (χ3v) is 6.87. The van der Waals surface area contributed by atoms with Crippen molar-refractivity contribution < 1.29 is 0 Å². The summed E-state index contributed by atoms with van der Waals surface area (Å²) in [6, 6.07) is 22.8. The van der Waals surface area contributed by atoms with Crippen molar-refractivity contribution in [3.63, 3.8) is 0 Å². The highest BCUT2D eigenvalue weighted by Gasteiger charge is 2.32. The molecule has 0 heteroatoms. The maximum atomic E-state index is 5.61. The lowest BCUT2D eigenvalue weighted by Gasteiger charge is -2.34. The van der Waals surface area contributed by atoms with E-state index in [0.29, 0.717) is 0 Å². The summed E-state index contributed by atoms with van der Waals surface area (Å²) >= 11 is 0. The average Bonchev–Trinajstić information content (AvgIpc) is 2.72. The normalized spacial score (nSPS) is 13.9. The van der Waals surface area contributed by atoms with Crippen LogP contribution in [0.3, 0.4) is 0 Å². The SMILES string of the molecule is C#Cc1ccc(CC(C)(c2cc(C)cc(CC(C)(C)C)c2)c2ccc(C)c(C(C)(C)C)c2)cc1. The summed E-state index contributed by atoms with van der Waals surface area (Å²) in [5, 5.41) is 0. The molecule has 0 bridgehead atoms. The van der Waals surface area contributed by atoms with E-state index >= 15 is 0 Å². The van der Waals surface area contributed by atoms with Gasteiger partial charge in [0.2, 0.25) is 0 Å². The Labute approximate surface area is 208 Å². The maximum absolute atomic E-state index is 5.61. The van der Waals surface area contributed by atoms with E-state index < -0.39 is 0 Å². The smallest absolute Gasteiger partial charge is 0.0242 e. The summed E-state index contributed by atoms with van der Waals surface area (Å²) in [7, 11) is 0. The number of terminal acetylenes is 1. The van der Waals surface area contributed by atoms with E-state index in [1.165, 1.54) is 38.9 Å². The van der Waals surface area contributed by atoms with Crippen LogP contribution < -0.4 is 0 Å². The summed E-state index contributed by atoms with van der Waals surface area (Å²) in [4.78, 5) is 0. The Morgan fingerprint density at radius 3 is 1.88 bits per heavy atom. The molecule has 0 saturated heterocycles. The van der Waals surface area contributed by atoms with E-state index in [1.807, 2.05) is 0 Å². The zero-order valence-electron chi connectivity index (χ0n) is 22.8. The summed E-state index contributed by atoms with van der Waals surface area (Å²) < 4.78 is 0. The van der Waals surface area contributed by atoms with Crippen LogP contribution in [0, 0.1) is 31.6 Å². The number of hydrogen-bond acceptors (Lipinski definition) is 0. The predicted molar refractivity (Wildman–Crippen MR) is 149 cm³/mol. The third-order valence-electron chi connectivity index (χ3n) is 6.87. The zero-order chi connectivity index (χ0) is 25.3. The molecule has 3 aromatic carbocycles. The first-order chi connectivity index (χ1) is 15.7. The monoisotopic (exact) mass is 450 g/mol. The molecule has 0 heterocycles. The lowest BCUT2D eigenvalue weighted by Crippen LogP contribution is -2.28. The largest absolute Gasteiger partial charge is 0.115 e. The van der Waals surface area contributed by atoms with Crippen molar-refractivity contribution >= 4 is 0 Å². The fraction of sp³-hybridized carbons (Fsp3) is 0.412. The van der Waals surface area contributed by atoms with E-state index in [9.17, 15) is 0 Å². The second-order valence-electron chi connectivity index (χ2n) is 12.6. The van der Waals surface area contributed by atoms with Gasteiger partial charge >= 0.3 is 0 Å². The number of aryl methyl sites for hydroxylation is 2. The number of rotatable bonds is 5. The quantitative estimate of drug-likeness (QED) is 0.341. The molecule has 3 rings (SSSR count). The van der Waals surface area contributed by atoms with Crippen LogP contribution in [-0.4, -0.2) is 0 Å². The summed E-state index contributed by atoms with van der Waals surface area (Å²) in [6.07, 6.45) is 7.60. The van der Waals surface area contributed by atoms with Crippen LogP contribution in [0.5, 0.6) is 0 Å². The predicted octanol–water partition coefficient (Wildman–Crippen LogP) is 8.72. The highest BCUT2D eigenvalue weighted by molar-refractivity contribution is 5.48. The summed E-state index contributed by atoms with van der Waals surface area (Å²) in [6.45, 7) is 20.7. The van der Waals surface area contributed by atoms with Gasteiger partial charge in [-0.3, -0.25) is 0 Å². The molecular weight excluding hydrogens is 408 g/mol. The zero-order valence-corrected chi connectivity index (χ0v) is 22.8. The molecule has 0 spiro atoms. The van der Waals surface area contributed by atoms with Gasteiger partial charge in [0.25, 0.3) is 0 Å². The first-order valence-corrected chi connectivity index (χ1v) is 12.5. The minimum atomic E-state index is -0.163. The second-order valence-corrected chi connectivity index (χ2v) is 12.6. The molecule has 0 aromatic heterocycles. The van der Waals surface area contributed by atoms with Crippen LogP contribution >= 0.6 is 0 Å². The van der Waals surface area contributed by atoms with Gasteiger partial charge in [0, 0.05) is 11.0 Å². The first-order valence-electron chi connectivity index (χ1n) is 12.5. The molecule has 0 nitrogen and oxygen atoms in total. The minimum absolute atomic E-state index is 0.0967. The van der Waals surface area contributed by atoms with Gasteiger partial charge in [0.1, 0.15) is 0 Å². The molecule has 178 valence electrons. The van der Waals surface area contributed by atoms with Gasteiger partial charge in [-0.2, -0.15) is 0 Å². The van der Waals surface area contributed by atoms with Gasteiger partial charge in [0.05, 0.1) is 0 Å². The van der Waals surface area contributed by atoms with E-state index in [1.54, 1.807) is 0 Å². The van der Waals surface area contributed by atoms with Crippen molar-refractivity contribution in [1.82, 2.24) is 0 Å². The Bertz CT molecular complexity index is 1190. The van der Waals surface area contributed by atoms with Crippen LogP contribution in [-0.2, 0) is 23.7 Å². The van der Waals surface area contributed by atoms with Gasteiger partial charge in [-0.05, 0) is 83.0 Å². The van der Waals surface area contributed by atoms with E-state index in [4.69, 9.17) is 6.42 Å². The molecule has 0 aliphatic rings. The Morgan fingerprint density at radius 1 is 0.676 bits per heavy atom. The van der Waals surface area contributed by atoms with E-state index in [0.717, 1.165) is 18.4 Å². The van der Waals surface area contributed by atoms with Crippen molar-refractivity contribution in [1.29, 1.82) is 0 Å². The van der Waals surface area contributed by atoms with Crippen LogP contribution in [0.15, 0.2) is 60.7 Å². The molecular formula is C34H42. The van der Waals surface area contributed by atoms with Crippen LogP contribution in [0.4, 0.5) is 0 Å². The van der Waals surface area contributed by atoms with Crippen molar-refractivity contribution in [2.24, 2.45) is 5.41 Å². The molecule has 3 aromatic rings. The van der Waals surface area contributed by atoms with Crippen molar-refractivity contribution in [3.8, 4) is 12.3 Å². The Hall–Kier alpha value is -2.78. The highest BCUT2D eigenvalue weighted by atomic mass is 14.3. The Kier molecular flexibility index (Phi) is 7.19. The molecule has 34 heavy (non-hydrogen) atoms. The molecule has 0 aliphatic carbocycles. The molecule has 0 saturated carbocycles.